The van der Waals surface area contributed by atoms with E-state index >= 15 is 0 Å². The largest absolute Gasteiger partial charge is 0.480 e. The van der Waals surface area contributed by atoms with Crippen LogP contribution in [0.5, 0.6) is 0 Å². The molecule has 0 aromatic heterocycles. The Balaban J connectivity index is 2.15. The first kappa shape index (κ1) is 16.3. The summed E-state index contributed by atoms with van der Waals surface area (Å²) in [6.07, 6.45) is 7.38. The van der Waals surface area contributed by atoms with Gasteiger partial charge in [0.1, 0.15) is 5.54 Å². The Morgan fingerprint density at radius 2 is 1.62 bits per heavy atom. The van der Waals surface area contributed by atoms with Crippen LogP contribution in [0.4, 0.5) is 0 Å². The van der Waals surface area contributed by atoms with Gasteiger partial charge in [-0.15, -0.1) is 0 Å². The zero-order valence-corrected chi connectivity index (χ0v) is 13.0. The van der Waals surface area contributed by atoms with Crippen molar-refractivity contribution >= 4 is 11.9 Å². The van der Waals surface area contributed by atoms with E-state index in [-0.39, 0.29) is 11.3 Å². The van der Waals surface area contributed by atoms with Crippen LogP contribution in [-0.2, 0) is 9.59 Å². The molecule has 120 valence electrons. The third-order valence-corrected chi connectivity index (χ3v) is 5.44. The zero-order valence-electron chi connectivity index (χ0n) is 13.0. The molecule has 0 atom stereocenters. The van der Waals surface area contributed by atoms with Crippen molar-refractivity contribution in [3.05, 3.63) is 0 Å². The van der Waals surface area contributed by atoms with Crippen molar-refractivity contribution in [1.82, 2.24) is 10.6 Å². The van der Waals surface area contributed by atoms with Gasteiger partial charge in [0.2, 0.25) is 5.91 Å². The SMILES string of the molecule is CCC1(C(=O)NC2(C(=O)O)CCCCCC2)CCNCC1. The van der Waals surface area contributed by atoms with Crippen molar-refractivity contribution in [2.24, 2.45) is 5.41 Å². The first-order chi connectivity index (χ1) is 10.0. The lowest BCUT2D eigenvalue weighted by Crippen LogP contribution is -2.59. The van der Waals surface area contributed by atoms with E-state index in [2.05, 4.69) is 10.6 Å². The molecule has 21 heavy (non-hydrogen) atoms. The minimum absolute atomic E-state index is 0.0456. The van der Waals surface area contributed by atoms with Gasteiger partial charge in [-0.05, 0) is 45.2 Å². The minimum atomic E-state index is -1.04. The Morgan fingerprint density at radius 3 is 2.10 bits per heavy atom. The number of carbonyl (C=O) groups excluding carboxylic acids is 1. The average Bonchev–Trinajstić information content (AvgIpc) is 2.74. The molecule has 1 saturated heterocycles. The smallest absolute Gasteiger partial charge is 0.329 e. The number of piperidine rings is 1. The van der Waals surface area contributed by atoms with Crippen LogP contribution in [0, 0.1) is 5.41 Å². The van der Waals surface area contributed by atoms with E-state index in [4.69, 9.17) is 0 Å². The first-order valence-electron chi connectivity index (χ1n) is 8.31. The van der Waals surface area contributed by atoms with Crippen molar-refractivity contribution in [2.75, 3.05) is 13.1 Å². The standard InChI is InChI=1S/C16H28N2O3/c1-2-15(9-11-17-12-10-15)13(19)18-16(14(20)21)7-5-3-4-6-8-16/h17H,2-12H2,1H3,(H,18,19)(H,20,21). The minimum Gasteiger partial charge on any atom is -0.480 e. The Hall–Kier alpha value is -1.10. The van der Waals surface area contributed by atoms with Gasteiger partial charge in [0.15, 0.2) is 0 Å². The number of aliphatic carboxylic acids is 1. The lowest BCUT2D eigenvalue weighted by atomic mass is 9.75. The molecule has 2 rings (SSSR count). The summed E-state index contributed by atoms with van der Waals surface area (Å²) >= 11 is 0. The molecule has 5 heteroatoms. The van der Waals surface area contributed by atoms with Gasteiger partial charge < -0.3 is 15.7 Å². The van der Waals surface area contributed by atoms with Gasteiger partial charge in [0.25, 0.3) is 0 Å². The van der Waals surface area contributed by atoms with Crippen LogP contribution in [0.3, 0.4) is 0 Å². The summed E-state index contributed by atoms with van der Waals surface area (Å²) in [6, 6.07) is 0. The third kappa shape index (κ3) is 3.39. The van der Waals surface area contributed by atoms with Crippen molar-refractivity contribution in [1.29, 1.82) is 0 Å². The number of carboxylic acids is 1. The second-order valence-corrected chi connectivity index (χ2v) is 6.64. The second kappa shape index (κ2) is 6.77. The number of carboxylic acid groups (broad SMARTS) is 1. The molecular formula is C16H28N2O3. The van der Waals surface area contributed by atoms with E-state index in [0.29, 0.717) is 12.8 Å². The number of amides is 1. The maximum Gasteiger partial charge on any atom is 0.329 e. The average molecular weight is 296 g/mol. The van der Waals surface area contributed by atoms with Gasteiger partial charge in [-0.2, -0.15) is 0 Å². The molecule has 0 unspecified atom stereocenters. The molecule has 2 aliphatic rings. The molecule has 0 bridgehead atoms. The van der Waals surface area contributed by atoms with Crippen LogP contribution in [0.2, 0.25) is 0 Å². The van der Waals surface area contributed by atoms with Gasteiger partial charge >= 0.3 is 5.97 Å². The maximum absolute atomic E-state index is 12.8. The molecule has 5 nitrogen and oxygen atoms in total. The molecular weight excluding hydrogens is 268 g/mol. The highest BCUT2D eigenvalue weighted by atomic mass is 16.4. The topological polar surface area (TPSA) is 78.4 Å². The molecule has 0 spiro atoms. The lowest BCUT2D eigenvalue weighted by Gasteiger charge is -2.39. The van der Waals surface area contributed by atoms with Crippen molar-refractivity contribution < 1.29 is 14.7 Å². The summed E-state index contributed by atoms with van der Waals surface area (Å²) in [6.45, 7) is 3.70. The number of carbonyl (C=O) groups is 2. The molecule has 1 aliphatic carbocycles. The van der Waals surface area contributed by atoms with Gasteiger partial charge in [0.05, 0.1) is 5.41 Å². The molecule has 3 N–H and O–H groups in total. The van der Waals surface area contributed by atoms with E-state index in [0.717, 1.165) is 58.0 Å². The summed E-state index contributed by atoms with van der Waals surface area (Å²) in [5, 5.41) is 15.9. The molecule has 1 aliphatic heterocycles. The summed E-state index contributed by atoms with van der Waals surface area (Å²) in [5.74, 6) is -0.909. The number of hydrogen-bond acceptors (Lipinski definition) is 3. The summed E-state index contributed by atoms with van der Waals surface area (Å²) in [4.78, 5) is 24.7. The van der Waals surface area contributed by atoms with E-state index in [1.165, 1.54) is 0 Å². The fraction of sp³-hybridized carbons (Fsp3) is 0.875. The summed E-state index contributed by atoms with van der Waals surface area (Å²) in [7, 11) is 0. The molecule has 1 heterocycles. The normalized spacial score (nSPS) is 24.8. The molecule has 2 fully saturated rings. The highest BCUT2D eigenvalue weighted by molar-refractivity contribution is 5.90. The lowest BCUT2D eigenvalue weighted by molar-refractivity contribution is -0.151. The maximum atomic E-state index is 12.8. The van der Waals surface area contributed by atoms with Crippen LogP contribution < -0.4 is 10.6 Å². The van der Waals surface area contributed by atoms with E-state index in [1.807, 2.05) is 6.92 Å². The van der Waals surface area contributed by atoms with Gasteiger partial charge in [-0.1, -0.05) is 32.6 Å². The van der Waals surface area contributed by atoms with Gasteiger partial charge in [-0.3, -0.25) is 4.79 Å². The quantitative estimate of drug-likeness (QED) is 0.694. The summed E-state index contributed by atoms with van der Waals surface area (Å²) < 4.78 is 0. The Labute approximate surface area is 126 Å². The monoisotopic (exact) mass is 296 g/mol. The van der Waals surface area contributed by atoms with E-state index < -0.39 is 11.5 Å². The Kier molecular flexibility index (Phi) is 5.25. The van der Waals surface area contributed by atoms with Crippen LogP contribution in [0.1, 0.15) is 64.7 Å². The van der Waals surface area contributed by atoms with Crippen molar-refractivity contribution in [3.63, 3.8) is 0 Å². The third-order valence-electron chi connectivity index (χ3n) is 5.44. The molecule has 1 saturated carbocycles. The Morgan fingerprint density at radius 1 is 1.05 bits per heavy atom. The Bertz CT molecular complexity index is 381. The van der Waals surface area contributed by atoms with Crippen LogP contribution in [-0.4, -0.2) is 35.6 Å². The predicted octanol–water partition coefficient (Wildman–Crippen LogP) is 2.06. The first-order valence-corrected chi connectivity index (χ1v) is 8.31. The fourth-order valence-corrected chi connectivity index (χ4v) is 3.72. The van der Waals surface area contributed by atoms with Crippen LogP contribution in [0.15, 0.2) is 0 Å². The molecule has 1 amide bonds. The number of nitrogens with one attached hydrogen (secondary N) is 2. The second-order valence-electron chi connectivity index (χ2n) is 6.64. The van der Waals surface area contributed by atoms with Crippen LogP contribution in [0.25, 0.3) is 0 Å². The van der Waals surface area contributed by atoms with Crippen LogP contribution >= 0.6 is 0 Å². The highest BCUT2D eigenvalue weighted by Crippen LogP contribution is 2.35. The van der Waals surface area contributed by atoms with Crippen molar-refractivity contribution in [2.45, 2.75) is 70.3 Å². The highest BCUT2D eigenvalue weighted by Gasteiger charge is 2.45. The van der Waals surface area contributed by atoms with E-state index in [1.54, 1.807) is 0 Å². The zero-order chi connectivity index (χ0) is 15.3. The van der Waals surface area contributed by atoms with Gasteiger partial charge in [0, 0.05) is 0 Å². The number of rotatable bonds is 4. The number of hydrogen-bond donors (Lipinski definition) is 3. The molecule has 0 aromatic rings. The van der Waals surface area contributed by atoms with Gasteiger partial charge in [-0.25, -0.2) is 4.79 Å². The van der Waals surface area contributed by atoms with E-state index in [9.17, 15) is 14.7 Å². The van der Waals surface area contributed by atoms with Crippen molar-refractivity contribution in [3.8, 4) is 0 Å². The summed E-state index contributed by atoms with van der Waals surface area (Å²) in [5.41, 5.74) is -1.43. The fourth-order valence-electron chi connectivity index (χ4n) is 3.72. The predicted molar refractivity (Wildman–Crippen MR) is 81.0 cm³/mol. The molecule has 0 aromatic carbocycles. The molecule has 0 radical (unpaired) electrons.